The third kappa shape index (κ3) is 10.2. The van der Waals surface area contributed by atoms with Crippen LogP contribution in [-0.4, -0.2) is 12.7 Å². The Morgan fingerprint density at radius 2 is 2.00 bits per heavy atom. The van der Waals surface area contributed by atoms with Gasteiger partial charge in [-0.2, -0.15) is 0 Å². The van der Waals surface area contributed by atoms with Crippen LogP contribution in [-0.2, 0) is 17.1 Å². The second-order valence-corrected chi connectivity index (χ2v) is 2.10. The molecule has 0 rings (SSSR count). The summed E-state index contributed by atoms with van der Waals surface area (Å²) >= 11 is 2.06. The van der Waals surface area contributed by atoms with E-state index < -0.39 is 0 Å². The van der Waals surface area contributed by atoms with Crippen LogP contribution in [0, 0.1) is 0 Å². The number of nitrogens with one attached hydrogen (secondary N) is 1. The predicted molar refractivity (Wildman–Crippen MR) is 38.8 cm³/mol. The molecule has 3 nitrogen and oxygen atoms in total. The van der Waals surface area contributed by atoms with Crippen LogP contribution in [0.1, 0.15) is 6.42 Å². The van der Waals surface area contributed by atoms with Gasteiger partial charge in [-0.1, -0.05) is 0 Å². The normalized spacial score (nSPS) is 9.00. The second kappa shape index (κ2) is 8.13. The third-order valence-electron chi connectivity index (χ3n) is 0.572. The van der Waals surface area contributed by atoms with Crippen LogP contribution < -0.4 is 15.0 Å². The molecule has 0 unspecified atom stereocenters. The summed E-state index contributed by atoms with van der Waals surface area (Å²) in [5.74, 6) is 0. The van der Waals surface area contributed by atoms with Crippen molar-refractivity contribution in [3.05, 3.63) is 0 Å². The van der Waals surface area contributed by atoms with Crippen molar-refractivity contribution in [2.45, 2.75) is 12.6 Å². The summed E-state index contributed by atoms with van der Waals surface area (Å²) in [7, 11) is 0. The zero-order valence-corrected chi connectivity index (χ0v) is 7.42. The Bertz CT molecular complexity index is 43.5. The van der Waals surface area contributed by atoms with Crippen LogP contribution in [0.25, 0.3) is 0 Å². The molecule has 0 saturated carbocycles. The van der Waals surface area contributed by atoms with Gasteiger partial charge < -0.3 is 11.5 Å². The van der Waals surface area contributed by atoms with Gasteiger partial charge in [-0.15, -0.1) is 0 Å². The molecule has 0 saturated heterocycles. The van der Waals surface area contributed by atoms with E-state index in [4.69, 9.17) is 11.5 Å². The Balaban J connectivity index is 0. The van der Waals surface area contributed by atoms with Crippen LogP contribution >= 0.6 is 22.9 Å². The standard InChI is InChI=1S/C3H10IN3.Cu/c4-7-2-1-3(5)6;/h3,7H,1-2,5-6H2;. The molecule has 5 N–H and O–H groups in total. The van der Waals surface area contributed by atoms with E-state index in [0.29, 0.717) is 0 Å². The maximum atomic E-state index is 5.21. The summed E-state index contributed by atoms with van der Waals surface area (Å²) in [5.41, 5.74) is 10.4. The Labute approximate surface area is 73.9 Å². The van der Waals surface area contributed by atoms with Crippen molar-refractivity contribution >= 4 is 22.9 Å². The van der Waals surface area contributed by atoms with Gasteiger partial charge in [-0.05, 0) is 6.42 Å². The van der Waals surface area contributed by atoms with E-state index in [2.05, 4.69) is 26.4 Å². The molecule has 0 bridgehead atoms. The van der Waals surface area contributed by atoms with Gasteiger partial charge in [0.25, 0.3) is 0 Å². The van der Waals surface area contributed by atoms with Gasteiger partial charge in [0, 0.05) is 46.5 Å². The van der Waals surface area contributed by atoms with Crippen molar-refractivity contribution in [3.63, 3.8) is 0 Å². The minimum Gasteiger partial charge on any atom is -0.316 e. The Kier molecular flexibility index (Phi) is 12.1. The molecule has 8 heavy (non-hydrogen) atoms. The largest absolute Gasteiger partial charge is 0.316 e. The quantitative estimate of drug-likeness (QED) is 0.284. The average Bonchev–Trinajstić information content (AvgIpc) is 1.61. The maximum absolute atomic E-state index is 5.21. The number of halogens is 1. The number of rotatable bonds is 3. The van der Waals surface area contributed by atoms with Crippen LogP contribution in [0.3, 0.4) is 0 Å². The Morgan fingerprint density at radius 3 is 2.12 bits per heavy atom. The molecule has 0 amide bonds. The minimum absolute atomic E-state index is 0. The summed E-state index contributed by atoms with van der Waals surface area (Å²) in [6, 6.07) is 0. The Hall–Kier alpha value is 1.13. The fourth-order valence-corrected chi connectivity index (χ4v) is 0.533. The summed E-state index contributed by atoms with van der Waals surface area (Å²) in [4.78, 5) is 0. The van der Waals surface area contributed by atoms with E-state index in [0.717, 1.165) is 13.0 Å². The maximum Gasteiger partial charge on any atom is 0.0533 e. The van der Waals surface area contributed by atoms with Crippen molar-refractivity contribution in [1.82, 2.24) is 3.53 Å². The molecule has 0 aromatic rings. The van der Waals surface area contributed by atoms with Gasteiger partial charge in [-0.25, -0.2) is 0 Å². The zero-order chi connectivity index (χ0) is 5.70. The molecule has 0 fully saturated rings. The first-order valence-corrected chi connectivity index (χ1v) is 3.20. The van der Waals surface area contributed by atoms with Crippen molar-refractivity contribution in [2.24, 2.45) is 11.5 Å². The van der Waals surface area contributed by atoms with E-state index in [-0.39, 0.29) is 23.2 Å². The minimum atomic E-state index is -0.165. The Morgan fingerprint density at radius 1 is 1.50 bits per heavy atom. The van der Waals surface area contributed by atoms with Gasteiger partial charge in [0.2, 0.25) is 0 Å². The van der Waals surface area contributed by atoms with E-state index in [9.17, 15) is 0 Å². The molecule has 0 aliphatic rings. The first kappa shape index (κ1) is 11.9. The second-order valence-electron chi connectivity index (χ2n) is 1.34. The molecule has 0 atom stereocenters. The molecule has 55 valence electrons. The van der Waals surface area contributed by atoms with Crippen molar-refractivity contribution in [1.29, 1.82) is 0 Å². The topological polar surface area (TPSA) is 64.1 Å². The predicted octanol–water partition coefficient (Wildman–Crippen LogP) is -0.443. The van der Waals surface area contributed by atoms with Gasteiger partial charge >= 0.3 is 0 Å². The van der Waals surface area contributed by atoms with E-state index >= 15 is 0 Å². The van der Waals surface area contributed by atoms with Crippen molar-refractivity contribution in [3.8, 4) is 0 Å². The smallest absolute Gasteiger partial charge is 0.0533 e. The fraction of sp³-hybridized carbons (Fsp3) is 1.00. The number of nitrogens with two attached hydrogens (primary N) is 2. The molecule has 0 aliphatic heterocycles. The van der Waals surface area contributed by atoms with Gasteiger partial charge in [0.15, 0.2) is 0 Å². The number of hydrogen-bond donors (Lipinski definition) is 3. The number of hydrogen-bond acceptors (Lipinski definition) is 3. The van der Waals surface area contributed by atoms with E-state index in [1.165, 1.54) is 0 Å². The van der Waals surface area contributed by atoms with Crippen LogP contribution in [0.5, 0.6) is 0 Å². The van der Waals surface area contributed by atoms with Gasteiger partial charge in [0.05, 0.1) is 6.17 Å². The summed E-state index contributed by atoms with van der Waals surface area (Å²) < 4.78 is 2.91. The molecule has 5 heteroatoms. The molecular formula is C3H10CuIN3. The monoisotopic (exact) mass is 278 g/mol. The first-order chi connectivity index (χ1) is 3.27. The molecule has 0 aliphatic carbocycles. The molecule has 0 spiro atoms. The molecular weight excluding hydrogens is 269 g/mol. The molecule has 0 aromatic heterocycles. The average molecular weight is 279 g/mol. The molecule has 0 aromatic carbocycles. The summed E-state index contributed by atoms with van der Waals surface area (Å²) in [5, 5.41) is 0. The molecule has 1 radical (unpaired) electrons. The fourth-order valence-electron chi connectivity index (χ4n) is 0.221. The van der Waals surface area contributed by atoms with Crippen LogP contribution in [0.4, 0.5) is 0 Å². The third-order valence-corrected chi connectivity index (χ3v) is 1.11. The molecule has 0 heterocycles. The SMILES string of the molecule is NC(N)CCNI.[Cu]. The van der Waals surface area contributed by atoms with Crippen LogP contribution in [0.2, 0.25) is 0 Å². The van der Waals surface area contributed by atoms with Crippen LogP contribution in [0.15, 0.2) is 0 Å². The van der Waals surface area contributed by atoms with Crippen molar-refractivity contribution < 1.29 is 17.1 Å². The summed E-state index contributed by atoms with van der Waals surface area (Å²) in [6.45, 7) is 0.887. The van der Waals surface area contributed by atoms with Gasteiger partial charge in [0.1, 0.15) is 0 Å². The zero-order valence-electron chi connectivity index (χ0n) is 4.33. The van der Waals surface area contributed by atoms with E-state index in [1.807, 2.05) is 0 Å². The van der Waals surface area contributed by atoms with E-state index in [1.54, 1.807) is 0 Å². The first-order valence-electron chi connectivity index (χ1n) is 2.12. The summed E-state index contributed by atoms with van der Waals surface area (Å²) in [6.07, 6.45) is 0.672. The van der Waals surface area contributed by atoms with Gasteiger partial charge in [-0.3, -0.25) is 3.53 Å². The van der Waals surface area contributed by atoms with Crippen molar-refractivity contribution in [2.75, 3.05) is 6.54 Å².